The molecule has 0 radical (unpaired) electrons. The van der Waals surface area contributed by atoms with Gasteiger partial charge >= 0.3 is 0 Å². The molecule has 0 heterocycles. The van der Waals surface area contributed by atoms with Crippen LogP contribution in [0.1, 0.15) is 32.6 Å². The summed E-state index contributed by atoms with van der Waals surface area (Å²) in [6, 6.07) is 3.12. The molecular weight excluding hydrogens is 331 g/mol. The molecule has 0 saturated heterocycles. The number of benzene rings is 1. The molecule has 3 N–H and O–H groups in total. The van der Waals surface area contributed by atoms with Gasteiger partial charge in [0, 0.05) is 11.6 Å². The lowest BCUT2D eigenvalue weighted by Gasteiger charge is -2.37. The van der Waals surface area contributed by atoms with Crippen LogP contribution in [-0.2, 0) is 4.79 Å². The lowest BCUT2D eigenvalue weighted by Crippen LogP contribution is -2.44. The van der Waals surface area contributed by atoms with Gasteiger partial charge in [0.25, 0.3) is 0 Å². The van der Waals surface area contributed by atoms with Gasteiger partial charge < -0.3 is 11.1 Å². The molecule has 0 atom stereocenters. The third-order valence-corrected chi connectivity index (χ3v) is 5.16. The van der Waals surface area contributed by atoms with Crippen molar-refractivity contribution >= 4 is 46.4 Å². The van der Waals surface area contributed by atoms with Crippen LogP contribution >= 0.6 is 34.8 Å². The fourth-order valence-corrected chi connectivity index (χ4v) is 3.66. The summed E-state index contributed by atoms with van der Waals surface area (Å²) in [5, 5.41) is 3.94. The first-order valence-corrected chi connectivity index (χ1v) is 8.17. The minimum Gasteiger partial charge on any atom is -0.329 e. The molecule has 21 heavy (non-hydrogen) atoms. The second kappa shape index (κ2) is 6.74. The highest BCUT2D eigenvalue weighted by atomic mass is 35.5. The van der Waals surface area contributed by atoms with Crippen molar-refractivity contribution in [2.75, 3.05) is 11.9 Å². The van der Waals surface area contributed by atoms with Crippen molar-refractivity contribution in [3.63, 3.8) is 0 Å². The van der Waals surface area contributed by atoms with Crippen LogP contribution in [0.2, 0.25) is 15.1 Å². The van der Waals surface area contributed by atoms with Crippen LogP contribution in [-0.4, -0.2) is 12.5 Å². The zero-order chi connectivity index (χ0) is 15.6. The highest BCUT2D eigenvalue weighted by molar-refractivity contribution is 6.42. The van der Waals surface area contributed by atoms with E-state index in [9.17, 15) is 4.79 Å². The number of carbonyl (C=O) groups excluding carboxylic acids is 1. The van der Waals surface area contributed by atoms with Gasteiger partial charge in [-0.25, -0.2) is 0 Å². The van der Waals surface area contributed by atoms with E-state index in [-0.39, 0.29) is 5.91 Å². The zero-order valence-corrected chi connectivity index (χ0v) is 14.2. The number of nitrogens with one attached hydrogen (secondary N) is 1. The molecule has 1 aliphatic rings. The van der Waals surface area contributed by atoms with E-state index in [1.165, 1.54) is 0 Å². The van der Waals surface area contributed by atoms with Crippen LogP contribution in [0, 0.1) is 11.3 Å². The molecule has 116 valence electrons. The summed E-state index contributed by atoms with van der Waals surface area (Å²) in [4.78, 5) is 12.7. The van der Waals surface area contributed by atoms with E-state index < -0.39 is 5.41 Å². The fraction of sp³-hybridized carbons (Fsp3) is 0.533. The first-order chi connectivity index (χ1) is 9.88. The third-order valence-electron chi connectivity index (χ3n) is 4.35. The maximum atomic E-state index is 12.7. The SMILES string of the molecule is CC1CCC(CN)(C(=O)Nc2c(Cl)cc(Cl)cc2Cl)CC1. The van der Waals surface area contributed by atoms with Crippen molar-refractivity contribution in [3.05, 3.63) is 27.2 Å². The molecule has 1 aliphatic carbocycles. The Morgan fingerprint density at radius 1 is 1.29 bits per heavy atom. The van der Waals surface area contributed by atoms with Crippen LogP contribution in [0.15, 0.2) is 12.1 Å². The second-order valence-electron chi connectivity index (χ2n) is 5.87. The Balaban J connectivity index is 2.21. The van der Waals surface area contributed by atoms with E-state index in [0.29, 0.717) is 33.2 Å². The summed E-state index contributed by atoms with van der Waals surface area (Å²) in [5.41, 5.74) is 5.76. The summed E-state index contributed by atoms with van der Waals surface area (Å²) >= 11 is 18.1. The van der Waals surface area contributed by atoms with Gasteiger partial charge in [-0.1, -0.05) is 41.7 Å². The number of rotatable bonds is 3. The molecule has 1 amide bonds. The summed E-state index contributed by atoms with van der Waals surface area (Å²) < 4.78 is 0. The Labute approximate surface area is 140 Å². The summed E-state index contributed by atoms with van der Waals surface area (Å²) in [6.45, 7) is 2.53. The van der Waals surface area contributed by atoms with Crippen LogP contribution in [0.3, 0.4) is 0 Å². The van der Waals surface area contributed by atoms with Gasteiger partial charge in [0.2, 0.25) is 5.91 Å². The van der Waals surface area contributed by atoms with Crippen molar-refractivity contribution in [2.24, 2.45) is 17.1 Å². The van der Waals surface area contributed by atoms with Crippen molar-refractivity contribution in [2.45, 2.75) is 32.6 Å². The number of halogens is 3. The van der Waals surface area contributed by atoms with Crippen LogP contribution in [0.5, 0.6) is 0 Å². The molecular formula is C15H19Cl3N2O. The van der Waals surface area contributed by atoms with Crippen molar-refractivity contribution in [1.29, 1.82) is 0 Å². The van der Waals surface area contributed by atoms with Gasteiger partial charge in [0.15, 0.2) is 0 Å². The number of nitrogens with two attached hydrogens (primary N) is 1. The fourth-order valence-electron chi connectivity index (χ4n) is 2.75. The molecule has 0 bridgehead atoms. The molecule has 1 fully saturated rings. The molecule has 0 spiro atoms. The normalized spacial score (nSPS) is 25.7. The largest absolute Gasteiger partial charge is 0.329 e. The molecule has 6 heteroatoms. The first-order valence-electron chi connectivity index (χ1n) is 7.04. The lowest BCUT2D eigenvalue weighted by molar-refractivity contribution is -0.127. The Kier molecular flexibility index (Phi) is 5.42. The number of anilines is 1. The zero-order valence-electron chi connectivity index (χ0n) is 11.9. The van der Waals surface area contributed by atoms with Gasteiger partial charge in [-0.05, 0) is 43.7 Å². The number of hydrogen-bond acceptors (Lipinski definition) is 2. The van der Waals surface area contributed by atoms with E-state index in [1.54, 1.807) is 12.1 Å². The van der Waals surface area contributed by atoms with E-state index in [1.807, 2.05) is 0 Å². The third kappa shape index (κ3) is 3.65. The number of carbonyl (C=O) groups is 1. The first kappa shape index (κ1) is 16.9. The van der Waals surface area contributed by atoms with Gasteiger partial charge in [-0.2, -0.15) is 0 Å². The number of hydrogen-bond donors (Lipinski definition) is 2. The maximum absolute atomic E-state index is 12.7. The molecule has 0 aliphatic heterocycles. The van der Waals surface area contributed by atoms with Crippen LogP contribution in [0.4, 0.5) is 5.69 Å². The van der Waals surface area contributed by atoms with E-state index in [4.69, 9.17) is 40.5 Å². The minimum absolute atomic E-state index is 0.108. The van der Waals surface area contributed by atoms with Crippen molar-refractivity contribution in [1.82, 2.24) is 0 Å². The summed E-state index contributed by atoms with van der Waals surface area (Å²) in [6.07, 6.45) is 3.60. The molecule has 1 saturated carbocycles. The minimum atomic E-state index is -0.529. The van der Waals surface area contributed by atoms with Crippen LogP contribution in [0.25, 0.3) is 0 Å². The average Bonchev–Trinajstić information content (AvgIpc) is 2.43. The quantitative estimate of drug-likeness (QED) is 0.828. The highest BCUT2D eigenvalue weighted by Gasteiger charge is 2.40. The Morgan fingerprint density at radius 3 is 2.29 bits per heavy atom. The predicted molar refractivity (Wildman–Crippen MR) is 89.2 cm³/mol. The van der Waals surface area contributed by atoms with Crippen molar-refractivity contribution in [3.8, 4) is 0 Å². The van der Waals surface area contributed by atoms with E-state index >= 15 is 0 Å². The summed E-state index contributed by atoms with van der Waals surface area (Å²) in [7, 11) is 0. The summed E-state index contributed by atoms with van der Waals surface area (Å²) in [5.74, 6) is 0.531. The second-order valence-corrected chi connectivity index (χ2v) is 7.12. The molecule has 1 aromatic carbocycles. The Bertz CT molecular complexity index is 517. The van der Waals surface area contributed by atoms with Crippen LogP contribution < -0.4 is 11.1 Å². The highest BCUT2D eigenvalue weighted by Crippen LogP contribution is 2.41. The molecule has 1 aromatic rings. The molecule has 2 rings (SSSR count). The monoisotopic (exact) mass is 348 g/mol. The van der Waals surface area contributed by atoms with E-state index in [2.05, 4.69) is 12.2 Å². The van der Waals surface area contributed by atoms with Gasteiger partial charge in [0.05, 0.1) is 21.1 Å². The number of amides is 1. The van der Waals surface area contributed by atoms with Gasteiger partial charge in [0.1, 0.15) is 0 Å². The van der Waals surface area contributed by atoms with Gasteiger partial charge in [-0.15, -0.1) is 0 Å². The smallest absolute Gasteiger partial charge is 0.231 e. The molecule has 0 aromatic heterocycles. The lowest BCUT2D eigenvalue weighted by atomic mass is 9.70. The maximum Gasteiger partial charge on any atom is 0.231 e. The average molecular weight is 350 g/mol. The standard InChI is InChI=1S/C15H19Cl3N2O/c1-9-2-4-15(8-19,5-3-9)14(21)20-13-11(17)6-10(16)7-12(13)18/h6-7,9H,2-5,8,19H2,1H3,(H,20,21). The Morgan fingerprint density at radius 2 is 1.81 bits per heavy atom. The topological polar surface area (TPSA) is 55.1 Å². The van der Waals surface area contributed by atoms with E-state index in [0.717, 1.165) is 25.7 Å². The Hall–Kier alpha value is -0.480. The molecule has 0 unspecified atom stereocenters. The molecule has 3 nitrogen and oxygen atoms in total. The van der Waals surface area contributed by atoms with Crippen molar-refractivity contribution < 1.29 is 4.79 Å². The van der Waals surface area contributed by atoms with Gasteiger partial charge in [-0.3, -0.25) is 4.79 Å². The predicted octanol–water partition coefficient (Wildman–Crippen LogP) is 4.74.